The van der Waals surface area contributed by atoms with Gasteiger partial charge in [-0.1, -0.05) is 12.8 Å². The zero-order valence-electron chi connectivity index (χ0n) is 10.00. The summed E-state index contributed by atoms with van der Waals surface area (Å²) in [6.07, 6.45) is 2.81. The summed E-state index contributed by atoms with van der Waals surface area (Å²) in [6, 6.07) is 0. The van der Waals surface area contributed by atoms with Crippen molar-refractivity contribution < 1.29 is 23.4 Å². The molecule has 1 heterocycles. The highest BCUT2D eigenvalue weighted by Crippen LogP contribution is 2.29. The second-order valence-electron chi connectivity index (χ2n) is 4.55. The molecule has 1 fully saturated rings. The number of aromatic carboxylic acids is 1. The molecule has 19 heavy (non-hydrogen) atoms. The van der Waals surface area contributed by atoms with Crippen molar-refractivity contribution in [2.24, 2.45) is 0 Å². The molecule has 0 bridgehead atoms. The highest BCUT2D eigenvalue weighted by Gasteiger charge is 2.34. The molecule has 0 saturated heterocycles. The standard InChI is InChI=1S/C10H14N2O5S2/c13-8(14)7-9(18-6-11-7)19(16,17)12-5-10(15)3-1-2-4-10/h6,12,15H,1-5H2,(H,13,14). The molecule has 9 heteroatoms. The van der Waals surface area contributed by atoms with E-state index in [-0.39, 0.29) is 10.8 Å². The maximum absolute atomic E-state index is 12.0. The monoisotopic (exact) mass is 306 g/mol. The average Bonchev–Trinajstić information content (AvgIpc) is 2.96. The van der Waals surface area contributed by atoms with Gasteiger partial charge < -0.3 is 10.2 Å². The molecule has 0 unspecified atom stereocenters. The molecule has 0 radical (unpaired) electrons. The Balaban J connectivity index is 2.14. The Labute approximate surface area is 114 Å². The lowest BCUT2D eigenvalue weighted by atomic mass is 10.0. The summed E-state index contributed by atoms with van der Waals surface area (Å²) in [5, 5.41) is 18.9. The summed E-state index contributed by atoms with van der Waals surface area (Å²) in [6.45, 7) is -0.105. The molecule has 2 rings (SSSR count). The molecule has 0 aromatic carbocycles. The number of nitrogens with zero attached hydrogens (tertiary/aromatic N) is 1. The van der Waals surface area contributed by atoms with E-state index in [9.17, 15) is 18.3 Å². The zero-order valence-corrected chi connectivity index (χ0v) is 11.6. The van der Waals surface area contributed by atoms with Gasteiger partial charge in [0.1, 0.15) is 0 Å². The maximum Gasteiger partial charge on any atom is 0.356 e. The lowest BCUT2D eigenvalue weighted by Crippen LogP contribution is -2.40. The molecule has 0 atom stereocenters. The third kappa shape index (κ3) is 3.11. The van der Waals surface area contributed by atoms with Crippen LogP contribution in [0.15, 0.2) is 9.72 Å². The Hall–Kier alpha value is -1.03. The lowest BCUT2D eigenvalue weighted by molar-refractivity contribution is 0.0532. The average molecular weight is 306 g/mol. The van der Waals surface area contributed by atoms with Crippen molar-refractivity contribution in [2.75, 3.05) is 6.54 Å². The summed E-state index contributed by atoms with van der Waals surface area (Å²) in [4.78, 5) is 14.4. The van der Waals surface area contributed by atoms with Gasteiger partial charge in [0.15, 0.2) is 9.90 Å². The molecule has 1 aromatic rings. The van der Waals surface area contributed by atoms with Crippen LogP contribution in [0.2, 0.25) is 0 Å². The molecule has 1 aromatic heterocycles. The number of rotatable bonds is 5. The fourth-order valence-electron chi connectivity index (χ4n) is 2.07. The zero-order chi connectivity index (χ0) is 14.1. The van der Waals surface area contributed by atoms with Gasteiger partial charge in [0.05, 0.1) is 11.1 Å². The highest BCUT2D eigenvalue weighted by molar-refractivity contribution is 7.91. The van der Waals surface area contributed by atoms with Crippen molar-refractivity contribution in [2.45, 2.75) is 35.5 Å². The highest BCUT2D eigenvalue weighted by atomic mass is 32.2. The van der Waals surface area contributed by atoms with E-state index in [1.807, 2.05) is 0 Å². The van der Waals surface area contributed by atoms with E-state index < -0.39 is 27.3 Å². The molecule has 1 aliphatic rings. The molecule has 1 saturated carbocycles. The van der Waals surface area contributed by atoms with E-state index in [4.69, 9.17) is 5.11 Å². The van der Waals surface area contributed by atoms with Crippen LogP contribution in [0.1, 0.15) is 36.2 Å². The van der Waals surface area contributed by atoms with Crippen molar-refractivity contribution in [1.29, 1.82) is 0 Å². The fraction of sp³-hybridized carbons (Fsp3) is 0.600. The number of carboxylic acids is 1. The fourth-order valence-corrected chi connectivity index (χ4v) is 4.38. The third-order valence-electron chi connectivity index (χ3n) is 3.11. The van der Waals surface area contributed by atoms with E-state index in [1.54, 1.807) is 0 Å². The minimum atomic E-state index is -3.95. The first-order valence-corrected chi connectivity index (χ1v) is 8.09. The molecule has 1 aliphatic carbocycles. The van der Waals surface area contributed by atoms with Gasteiger partial charge in [-0.15, -0.1) is 11.3 Å². The van der Waals surface area contributed by atoms with Gasteiger partial charge in [-0.05, 0) is 12.8 Å². The van der Waals surface area contributed by atoms with Crippen LogP contribution in [0, 0.1) is 0 Å². The van der Waals surface area contributed by atoms with E-state index >= 15 is 0 Å². The van der Waals surface area contributed by atoms with Gasteiger partial charge in [-0.3, -0.25) is 0 Å². The van der Waals surface area contributed by atoms with Crippen LogP contribution in [0.25, 0.3) is 0 Å². The van der Waals surface area contributed by atoms with Crippen molar-refractivity contribution in [1.82, 2.24) is 9.71 Å². The number of nitrogens with one attached hydrogen (secondary N) is 1. The van der Waals surface area contributed by atoms with Gasteiger partial charge >= 0.3 is 5.97 Å². The molecular weight excluding hydrogens is 292 g/mol. The summed E-state index contributed by atoms with van der Waals surface area (Å²) < 4.78 is 25.9. The topological polar surface area (TPSA) is 117 Å². The van der Waals surface area contributed by atoms with E-state index in [2.05, 4.69) is 9.71 Å². The normalized spacial score (nSPS) is 18.6. The van der Waals surface area contributed by atoms with Crippen molar-refractivity contribution in [3.8, 4) is 0 Å². The summed E-state index contributed by atoms with van der Waals surface area (Å²) in [5.74, 6) is -1.39. The van der Waals surface area contributed by atoms with Crippen molar-refractivity contribution in [3.63, 3.8) is 0 Å². The molecule has 7 nitrogen and oxygen atoms in total. The van der Waals surface area contributed by atoms with Crippen LogP contribution in [0.4, 0.5) is 0 Å². The smallest absolute Gasteiger partial charge is 0.356 e. The summed E-state index contributed by atoms with van der Waals surface area (Å²) in [7, 11) is -3.95. The molecule has 0 spiro atoms. The van der Waals surface area contributed by atoms with E-state index in [0.717, 1.165) is 24.2 Å². The van der Waals surface area contributed by atoms with Crippen LogP contribution in [-0.4, -0.2) is 41.7 Å². The first-order chi connectivity index (χ1) is 8.84. The van der Waals surface area contributed by atoms with Gasteiger partial charge in [0.25, 0.3) is 10.0 Å². The number of aliphatic hydroxyl groups is 1. The van der Waals surface area contributed by atoms with Crippen LogP contribution < -0.4 is 4.72 Å². The Morgan fingerprint density at radius 3 is 2.68 bits per heavy atom. The number of carbonyl (C=O) groups is 1. The molecular formula is C10H14N2O5S2. The van der Waals surface area contributed by atoms with Gasteiger partial charge in [0.2, 0.25) is 0 Å². The largest absolute Gasteiger partial charge is 0.476 e. The number of aromatic nitrogens is 1. The van der Waals surface area contributed by atoms with Crippen LogP contribution >= 0.6 is 11.3 Å². The Morgan fingerprint density at radius 2 is 2.11 bits per heavy atom. The Morgan fingerprint density at radius 1 is 1.47 bits per heavy atom. The predicted molar refractivity (Wildman–Crippen MR) is 67.7 cm³/mol. The SMILES string of the molecule is O=C(O)c1ncsc1S(=O)(=O)NCC1(O)CCCC1. The van der Waals surface area contributed by atoms with E-state index in [1.165, 1.54) is 5.51 Å². The lowest BCUT2D eigenvalue weighted by Gasteiger charge is -2.21. The van der Waals surface area contributed by atoms with Crippen LogP contribution in [0.3, 0.4) is 0 Å². The van der Waals surface area contributed by atoms with E-state index in [0.29, 0.717) is 12.8 Å². The molecule has 3 N–H and O–H groups in total. The summed E-state index contributed by atoms with van der Waals surface area (Å²) >= 11 is 0.742. The van der Waals surface area contributed by atoms with Gasteiger partial charge in [-0.2, -0.15) is 0 Å². The maximum atomic E-state index is 12.0. The minimum Gasteiger partial charge on any atom is -0.476 e. The number of hydrogen-bond acceptors (Lipinski definition) is 6. The first-order valence-electron chi connectivity index (χ1n) is 5.73. The van der Waals surface area contributed by atoms with Crippen molar-refractivity contribution in [3.05, 3.63) is 11.2 Å². The van der Waals surface area contributed by atoms with Crippen molar-refractivity contribution >= 4 is 27.3 Å². The molecule has 0 aliphatic heterocycles. The second-order valence-corrected chi connectivity index (χ2v) is 7.37. The number of carboxylic acid groups (broad SMARTS) is 1. The minimum absolute atomic E-state index is 0.105. The quantitative estimate of drug-likeness (QED) is 0.726. The second kappa shape index (κ2) is 5.16. The van der Waals surface area contributed by atoms with Gasteiger partial charge in [0, 0.05) is 6.54 Å². The Bertz CT molecular complexity index is 574. The summed E-state index contributed by atoms with van der Waals surface area (Å²) in [5.41, 5.74) is -0.348. The molecule has 0 amide bonds. The first kappa shape index (κ1) is 14.4. The molecule has 106 valence electrons. The van der Waals surface area contributed by atoms with Gasteiger partial charge in [-0.25, -0.2) is 22.9 Å². The Kier molecular flexibility index (Phi) is 3.90. The van der Waals surface area contributed by atoms with Crippen LogP contribution in [-0.2, 0) is 10.0 Å². The van der Waals surface area contributed by atoms with Crippen LogP contribution in [0.5, 0.6) is 0 Å². The predicted octanol–water partition coefficient (Wildman–Crippen LogP) is 0.425. The number of sulfonamides is 1. The number of thiazole rings is 1. The third-order valence-corrected chi connectivity index (χ3v) is 5.88. The number of hydrogen-bond donors (Lipinski definition) is 3.